The summed E-state index contributed by atoms with van der Waals surface area (Å²) >= 11 is 6.90. The van der Waals surface area contributed by atoms with Crippen molar-refractivity contribution in [1.29, 1.82) is 0 Å². The Bertz CT molecular complexity index is 14.4. The molecule has 0 aromatic heterocycles. The van der Waals surface area contributed by atoms with E-state index in [9.17, 15) is 0 Å². The van der Waals surface area contributed by atoms with Crippen LogP contribution in [-0.2, 0) is 21.1 Å². The van der Waals surface area contributed by atoms with Crippen molar-refractivity contribution in [2.75, 3.05) is 0 Å². The molecule has 1 N–H and O–H groups in total. The Kier molecular flexibility index (Phi) is 11.5. The molecule has 0 aromatic rings. The van der Waals surface area contributed by atoms with Gasteiger partial charge in [0.15, 0.2) is 0 Å². The normalized spacial score (nSPS) is 7.20. The molecule has 0 spiro atoms. The first kappa shape index (κ1) is 9.91. The maximum atomic E-state index is 7.85. The summed E-state index contributed by atoms with van der Waals surface area (Å²) in [5, 5.41) is 0. The van der Waals surface area contributed by atoms with E-state index >= 15 is 0 Å². The van der Waals surface area contributed by atoms with E-state index in [1.165, 1.54) is 0 Å². The van der Waals surface area contributed by atoms with E-state index in [0.29, 0.717) is 0 Å². The van der Waals surface area contributed by atoms with E-state index in [-0.39, 0.29) is 21.1 Å². The van der Waals surface area contributed by atoms with E-state index < -0.39 is 6.55 Å². The number of hydrogen-bond acceptors (Lipinski definition) is 3. The molecule has 0 bridgehead atoms. The summed E-state index contributed by atoms with van der Waals surface area (Å²) in [6.45, 7) is -1.23. The molecule has 0 rings (SSSR count). The molecule has 0 aliphatic carbocycles. The second-order valence-electron chi connectivity index (χ2n) is 0.268. The van der Waals surface area contributed by atoms with Crippen LogP contribution in [0.1, 0.15) is 0 Å². The van der Waals surface area contributed by atoms with Crippen molar-refractivity contribution in [2.24, 2.45) is 0 Å². The van der Waals surface area contributed by atoms with Crippen LogP contribution in [0.25, 0.3) is 0 Å². The molecule has 0 aromatic carbocycles. The van der Waals surface area contributed by atoms with Gasteiger partial charge in [-0.15, -0.1) is 24.5 Å². The zero-order valence-corrected chi connectivity index (χ0v) is 6.89. The summed E-state index contributed by atoms with van der Waals surface area (Å²) in [7, 11) is 0. The summed E-state index contributed by atoms with van der Waals surface area (Å²) < 4.78 is 0. The molecule has 32 valence electrons. The Morgan fingerprint density at radius 1 is 1.40 bits per heavy atom. The minimum Gasteiger partial charge on any atom is -0.355 e. The van der Waals surface area contributed by atoms with Crippen molar-refractivity contribution in [3.8, 4) is 0 Å². The summed E-state index contributed by atoms with van der Waals surface area (Å²) in [5.74, 6) is 0. The van der Waals surface area contributed by atoms with Crippen LogP contribution in [0.3, 0.4) is 0 Å². The molecule has 1 nitrogen and oxygen atoms in total. The molecule has 5 heavy (non-hydrogen) atoms. The van der Waals surface area contributed by atoms with Crippen molar-refractivity contribution >= 4 is 31.0 Å². The SMILES string of the molecule is OP(S)S.[Mo]. The van der Waals surface area contributed by atoms with Gasteiger partial charge in [-0.3, -0.25) is 0 Å². The fraction of sp³-hybridized carbons (Fsp3) is 0. The largest absolute Gasteiger partial charge is 0.355 e. The Balaban J connectivity index is 0. The fourth-order valence-electron chi connectivity index (χ4n) is 0. The maximum Gasteiger partial charge on any atom is 0.142 e. The third kappa shape index (κ3) is 26.1. The van der Waals surface area contributed by atoms with Gasteiger partial charge >= 0.3 is 0 Å². The van der Waals surface area contributed by atoms with Crippen LogP contribution < -0.4 is 0 Å². The van der Waals surface area contributed by atoms with Gasteiger partial charge in [0.05, 0.1) is 0 Å². The first-order valence-electron chi connectivity index (χ1n) is 0.600. The number of hydrogen-bond donors (Lipinski definition) is 3. The van der Waals surface area contributed by atoms with Crippen molar-refractivity contribution < 1.29 is 26.0 Å². The zero-order valence-electron chi connectivity index (χ0n) is 2.20. The Morgan fingerprint density at radius 3 is 1.40 bits per heavy atom. The van der Waals surface area contributed by atoms with Crippen LogP contribution in [0.2, 0.25) is 0 Å². The second-order valence-corrected chi connectivity index (χ2v) is 4.02. The summed E-state index contributed by atoms with van der Waals surface area (Å²) in [5.41, 5.74) is 0. The molecular formula is H3MoOPS2. The van der Waals surface area contributed by atoms with E-state index in [0.717, 1.165) is 0 Å². The summed E-state index contributed by atoms with van der Waals surface area (Å²) in [6.07, 6.45) is 0. The first-order chi connectivity index (χ1) is 1.73. The van der Waals surface area contributed by atoms with Crippen LogP contribution in [-0.4, -0.2) is 4.89 Å². The average Bonchev–Trinajstić information content (AvgIpc) is 0.811. The van der Waals surface area contributed by atoms with Crippen LogP contribution in [0.15, 0.2) is 0 Å². The van der Waals surface area contributed by atoms with E-state index in [1.807, 2.05) is 0 Å². The molecule has 0 saturated heterocycles. The van der Waals surface area contributed by atoms with Gasteiger partial charge in [-0.1, -0.05) is 0 Å². The molecule has 0 aliphatic rings. The van der Waals surface area contributed by atoms with Gasteiger partial charge in [0.25, 0.3) is 0 Å². The molecule has 0 heterocycles. The van der Waals surface area contributed by atoms with Crippen molar-refractivity contribution in [2.45, 2.75) is 0 Å². The average molecular weight is 210 g/mol. The van der Waals surface area contributed by atoms with Gasteiger partial charge in [-0.2, -0.15) is 0 Å². The Morgan fingerprint density at radius 2 is 1.40 bits per heavy atom. The van der Waals surface area contributed by atoms with Gasteiger partial charge in [0.1, 0.15) is 6.55 Å². The molecule has 0 fully saturated rings. The minimum absolute atomic E-state index is 0. The molecule has 0 amide bonds. The monoisotopic (exact) mass is 212 g/mol. The number of thiol groups is 2. The topological polar surface area (TPSA) is 20.2 Å². The van der Waals surface area contributed by atoms with Crippen molar-refractivity contribution in [1.82, 2.24) is 0 Å². The van der Waals surface area contributed by atoms with Crippen molar-refractivity contribution in [3.63, 3.8) is 0 Å². The van der Waals surface area contributed by atoms with Gasteiger partial charge < -0.3 is 4.89 Å². The summed E-state index contributed by atoms with van der Waals surface area (Å²) in [6, 6.07) is 0. The van der Waals surface area contributed by atoms with Gasteiger partial charge in [-0.05, 0) is 0 Å². The Hall–Kier alpha value is 1.78. The predicted molar refractivity (Wildman–Crippen MR) is 27.1 cm³/mol. The minimum atomic E-state index is -1.23. The molecule has 0 radical (unpaired) electrons. The Labute approximate surface area is 57.0 Å². The van der Waals surface area contributed by atoms with E-state index in [2.05, 4.69) is 24.5 Å². The molecule has 5 heteroatoms. The second kappa shape index (κ2) is 5.78. The summed E-state index contributed by atoms with van der Waals surface area (Å²) in [4.78, 5) is 7.85. The fourth-order valence-corrected chi connectivity index (χ4v) is 0. The molecular weight excluding hydrogens is 207 g/mol. The maximum absolute atomic E-state index is 7.85. The van der Waals surface area contributed by atoms with Gasteiger partial charge in [0, 0.05) is 21.1 Å². The molecule has 0 aliphatic heterocycles. The third-order valence-electron chi connectivity index (χ3n) is 0. The van der Waals surface area contributed by atoms with Crippen LogP contribution >= 0.6 is 31.0 Å². The molecule has 0 unspecified atom stereocenters. The smallest absolute Gasteiger partial charge is 0.142 e. The van der Waals surface area contributed by atoms with Crippen LogP contribution in [0.4, 0.5) is 0 Å². The van der Waals surface area contributed by atoms with Crippen molar-refractivity contribution in [3.05, 3.63) is 0 Å². The molecule has 0 saturated carbocycles. The zero-order chi connectivity index (χ0) is 3.58. The van der Waals surface area contributed by atoms with E-state index in [1.54, 1.807) is 0 Å². The predicted octanol–water partition coefficient (Wildman–Crippen LogP) is 1.06. The standard InChI is InChI=1S/Mo.H3OPS2/c;1-2(3)4/h;1,3-4H. The quantitative estimate of drug-likeness (QED) is 0.310. The van der Waals surface area contributed by atoms with Crippen LogP contribution in [0, 0.1) is 0 Å². The van der Waals surface area contributed by atoms with Gasteiger partial charge in [0.2, 0.25) is 0 Å². The number of rotatable bonds is 0. The van der Waals surface area contributed by atoms with Crippen LogP contribution in [0.5, 0.6) is 0 Å². The van der Waals surface area contributed by atoms with Gasteiger partial charge in [-0.25, -0.2) is 0 Å². The first-order valence-corrected chi connectivity index (χ1v) is 4.20. The van der Waals surface area contributed by atoms with E-state index in [4.69, 9.17) is 4.89 Å². The molecule has 0 atom stereocenters. The third-order valence-corrected chi connectivity index (χ3v) is 0.